The van der Waals surface area contributed by atoms with E-state index in [4.69, 9.17) is 9.47 Å². The number of carbonyl (C=O) groups excluding carboxylic acids is 4. The summed E-state index contributed by atoms with van der Waals surface area (Å²) in [7, 11) is -3.88. The number of nitrogens with one attached hydrogen (secondary N) is 3. The quantitative estimate of drug-likeness (QED) is 0.380. The first-order valence-corrected chi connectivity index (χ1v) is 19.1. The summed E-state index contributed by atoms with van der Waals surface area (Å²) in [6, 6.07) is 5.91. The third-order valence-electron chi connectivity index (χ3n) is 10.1. The number of aromatic nitrogens is 1. The molecule has 6 rings (SSSR count). The maximum atomic E-state index is 14.4. The van der Waals surface area contributed by atoms with Gasteiger partial charge in [-0.15, -0.1) is 6.58 Å². The van der Waals surface area contributed by atoms with Crippen molar-refractivity contribution >= 4 is 44.6 Å². The molecule has 1 aromatic carbocycles. The van der Waals surface area contributed by atoms with Gasteiger partial charge in [-0.1, -0.05) is 51.8 Å². The van der Waals surface area contributed by atoms with Crippen LogP contribution in [0, 0.1) is 11.3 Å². The van der Waals surface area contributed by atoms with E-state index < -0.39 is 74.1 Å². The van der Waals surface area contributed by atoms with Gasteiger partial charge in [0.05, 0.1) is 18.4 Å². The molecule has 1 unspecified atom stereocenters. The molecule has 2 aliphatic carbocycles. The number of amides is 4. The fourth-order valence-electron chi connectivity index (χ4n) is 6.91. The second-order valence-corrected chi connectivity index (χ2v) is 17.0. The third-order valence-corrected chi connectivity index (χ3v) is 12.0. The number of benzene rings is 1. The van der Waals surface area contributed by atoms with Crippen LogP contribution in [-0.2, 0) is 35.6 Å². The maximum absolute atomic E-state index is 14.4. The van der Waals surface area contributed by atoms with Crippen LogP contribution in [-0.4, -0.2) is 84.2 Å². The Labute approximate surface area is 293 Å². The van der Waals surface area contributed by atoms with Crippen LogP contribution in [0.4, 0.5) is 4.79 Å². The summed E-state index contributed by atoms with van der Waals surface area (Å²) in [6.07, 6.45) is 7.28. The molecule has 50 heavy (non-hydrogen) atoms. The van der Waals surface area contributed by atoms with E-state index in [1.807, 2.05) is 12.1 Å². The van der Waals surface area contributed by atoms with Gasteiger partial charge in [0.15, 0.2) is 0 Å². The molecule has 3 fully saturated rings. The first-order valence-electron chi connectivity index (χ1n) is 17.5. The molecular formula is C36H47N5O8S. The molecule has 4 aliphatic rings. The fourth-order valence-corrected chi connectivity index (χ4v) is 8.28. The zero-order valence-corrected chi connectivity index (χ0v) is 29.7. The van der Waals surface area contributed by atoms with Crippen LogP contribution >= 0.6 is 0 Å². The highest BCUT2D eigenvalue weighted by Crippen LogP contribution is 2.45. The minimum Gasteiger partial charge on any atom is -0.472 e. The number of ether oxygens (including phenoxy) is 2. The lowest BCUT2D eigenvalue weighted by Gasteiger charge is -2.35. The highest BCUT2D eigenvalue weighted by molar-refractivity contribution is 7.91. The van der Waals surface area contributed by atoms with Gasteiger partial charge in [-0.2, -0.15) is 0 Å². The van der Waals surface area contributed by atoms with Crippen LogP contribution in [0.5, 0.6) is 5.88 Å². The Morgan fingerprint density at radius 3 is 2.58 bits per heavy atom. The number of fused-ring (bicyclic) bond motifs is 3. The number of hydrogen-bond donors (Lipinski definition) is 3. The molecule has 3 heterocycles. The van der Waals surface area contributed by atoms with Crippen molar-refractivity contribution < 1.29 is 37.1 Å². The van der Waals surface area contributed by atoms with Gasteiger partial charge in [-0.25, -0.2) is 18.2 Å². The Balaban J connectivity index is 1.32. The fraction of sp³-hybridized carbons (Fsp3) is 0.583. The van der Waals surface area contributed by atoms with Crippen molar-refractivity contribution in [1.29, 1.82) is 0 Å². The molecule has 14 heteroatoms. The number of nitrogens with zero attached hydrogens (tertiary/aromatic N) is 2. The summed E-state index contributed by atoms with van der Waals surface area (Å²) in [5.74, 6) is -2.11. The minimum atomic E-state index is -3.88. The van der Waals surface area contributed by atoms with Crippen molar-refractivity contribution in [3.8, 4) is 5.88 Å². The maximum Gasteiger partial charge on any atom is 0.407 e. The molecule has 1 saturated heterocycles. The number of aryl methyl sites for hydroxylation is 1. The smallest absolute Gasteiger partial charge is 0.407 e. The topological polar surface area (TPSA) is 173 Å². The molecule has 5 atom stereocenters. The second-order valence-electron chi connectivity index (χ2n) is 15.1. The normalized spacial score (nSPS) is 27.9. The Hall–Kier alpha value is -4.20. The van der Waals surface area contributed by atoms with Gasteiger partial charge < -0.3 is 25.0 Å². The second kappa shape index (κ2) is 13.8. The van der Waals surface area contributed by atoms with Crippen LogP contribution in [0.2, 0.25) is 0 Å². The van der Waals surface area contributed by atoms with Crippen molar-refractivity contribution in [2.45, 2.75) is 108 Å². The Bertz CT molecular complexity index is 1790. The largest absolute Gasteiger partial charge is 0.472 e. The standard InChI is InChI=1S/C36H47N5O8S/c1-5-24-20-36(24,33(44)40-50(46,47)26-13-14-26)39-30(42)28-19-25-21-41(28)32(43)29(35(2,3)4)38-34(45)48-17-9-7-6-8-10-22-11-12-23-15-16-37-31(49-25)27(23)18-22/h5,11-12,15-16,18,24-26,28-29H,1,6-10,13-14,17,19-21H2,2-4H3,(H,38,45)(H,39,42)(H,40,44)/t24-,25-,28+,29-,36?/m1/s1. The summed E-state index contributed by atoms with van der Waals surface area (Å²) in [4.78, 5) is 60.9. The highest BCUT2D eigenvalue weighted by Gasteiger charge is 2.62. The van der Waals surface area contributed by atoms with E-state index in [0.29, 0.717) is 25.1 Å². The van der Waals surface area contributed by atoms with E-state index in [2.05, 4.69) is 39.1 Å². The van der Waals surface area contributed by atoms with Gasteiger partial charge in [0.1, 0.15) is 23.7 Å². The van der Waals surface area contributed by atoms with Crippen LogP contribution in [0.15, 0.2) is 43.1 Å². The number of rotatable bonds is 6. The molecular weight excluding hydrogens is 662 g/mol. The molecule has 2 aliphatic heterocycles. The molecule has 4 amide bonds. The molecule has 3 N–H and O–H groups in total. The lowest BCUT2D eigenvalue weighted by molar-refractivity contribution is -0.142. The van der Waals surface area contributed by atoms with E-state index in [1.165, 1.54) is 11.0 Å². The summed E-state index contributed by atoms with van der Waals surface area (Å²) in [5.41, 5.74) is -1.17. The molecule has 2 aromatic rings. The molecule has 4 bridgehead atoms. The van der Waals surface area contributed by atoms with Crippen molar-refractivity contribution in [1.82, 2.24) is 25.2 Å². The van der Waals surface area contributed by atoms with Crippen molar-refractivity contribution in [3.05, 3.63) is 48.7 Å². The number of hydrogen-bond acceptors (Lipinski definition) is 9. The van der Waals surface area contributed by atoms with Crippen LogP contribution in [0.25, 0.3) is 10.8 Å². The summed E-state index contributed by atoms with van der Waals surface area (Å²) < 4.78 is 39.4. The van der Waals surface area contributed by atoms with Crippen molar-refractivity contribution in [3.63, 3.8) is 0 Å². The van der Waals surface area contributed by atoms with Crippen LogP contribution in [0.3, 0.4) is 0 Å². The Morgan fingerprint density at radius 1 is 1.12 bits per heavy atom. The number of cyclic esters (lactones) is 1. The van der Waals surface area contributed by atoms with Gasteiger partial charge in [-0.3, -0.25) is 19.1 Å². The van der Waals surface area contributed by atoms with Gasteiger partial charge >= 0.3 is 6.09 Å². The van der Waals surface area contributed by atoms with Gasteiger partial charge in [0, 0.05) is 23.9 Å². The molecule has 2 saturated carbocycles. The molecule has 13 nitrogen and oxygen atoms in total. The number of pyridine rings is 1. The minimum absolute atomic E-state index is 0.00186. The Morgan fingerprint density at radius 2 is 1.88 bits per heavy atom. The SMILES string of the molecule is C=C[C@@H]1CC1(NC(=O)[C@@H]1C[C@@H]2CN1C(=O)[C@H](C(C)(C)C)NC(=O)OCCCCCCc1ccc3ccnc(c3c1)O2)C(=O)NS(=O)(=O)C1CC1. The summed E-state index contributed by atoms with van der Waals surface area (Å²) in [6.45, 7) is 9.39. The lowest BCUT2D eigenvalue weighted by atomic mass is 9.85. The zero-order valence-electron chi connectivity index (χ0n) is 28.9. The number of sulfonamides is 1. The van der Waals surface area contributed by atoms with E-state index in [9.17, 15) is 27.6 Å². The Kier molecular flexibility index (Phi) is 9.86. The van der Waals surface area contributed by atoms with E-state index in [0.717, 1.165) is 42.0 Å². The van der Waals surface area contributed by atoms with Gasteiger partial charge in [-0.05, 0) is 67.0 Å². The zero-order chi connectivity index (χ0) is 35.8. The summed E-state index contributed by atoms with van der Waals surface area (Å²) in [5, 5.41) is 6.67. The van der Waals surface area contributed by atoms with Gasteiger partial charge in [0.25, 0.3) is 5.91 Å². The van der Waals surface area contributed by atoms with Crippen LogP contribution < -0.4 is 20.1 Å². The predicted molar refractivity (Wildman–Crippen MR) is 185 cm³/mol. The van der Waals surface area contributed by atoms with E-state index >= 15 is 0 Å². The summed E-state index contributed by atoms with van der Waals surface area (Å²) >= 11 is 0. The molecule has 0 radical (unpaired) electrons. The lowest BCUT2D eigenvalue weighted by Crippen LogP contribution is -2.60. The average Bonchev–Trinajstić information content (AvgIpc) is 3.99. The number of carbonyl (C=O) groups is 4. The first kappa shape index (κ1) is 35.6. The monoisotopic (exact) mass is 709 g/mol. The van der Waals surface area contributed by atoms with Crippen molar-refractivity contribution in [2.24, 2.45) is 11.3 Å². The molecule has 270 valence electrons. The van der Waals surface area contributed by atoms with Crippen LogP contribution in [0.1, 0.15) is 77.7 Å². The predicted octanol–water partition coefficient (Wildman–Crippen LogP) is 3.51. The third kappa shape index (κ3) is 7.59. The van der Waals surface area contributed by atoms with Gasteiger partial charge in [0.2, 0.25) is 27.7 Å². The first-order chi connectivity index (χ1) is 23.7. The molecule has 0 spiro atoms. The van der Waals surface area contributed by atoms with E-state index in [1.54, 1.807) is 27.0 Å². The van der Waals surface area contributed by atoms with E-state index in [-0.39, 0.29) is 26.0 Å². The average molecular weight is 710 g/mol. The molecule has 1 aromatic heterocycles. The highest BCUT2D eigenvalue weighted by atomic mass is 32.2. The number of alkyl carbamates (subject to hydrolysis) is 1. The van der Waals surface area contributed by atoms with Crippen molar-refractivity contribution in [2.75, 3.05) is 13.2 Å².